The van der Waals surface area contributed by atoms with E-state index >= 15 is 0 Å². The number of hydrazone groups is 1. The van der Waals surface area contributed by atoms with Crippen molar-refractivity contribution in [3.8, 4) is 0 Å². The van der Waals surface area contributed by atoms with E-state index in [1.807, 2.05) is 0 Å². The van der Waals surface area contributed by atoms with Crippen LogP contribution in [-0.4, -0.2) is 12.1 Å². The maximum absolute atomic E-state index is 13.4. The number of rotatable bonds is 3. The molecule has 0 radical (unpaired) electrons. The van der Waals surface area contributed by atoms with Gasteiger partial charge < -0.3 is 0 Å². The van der Waals surface area contributed by atoms with Crippen molar-refractivity contribution in [3.05, 3.63) is 69.7 Å². The van der Waals surface area contributed by atoms with Gasteiger partial charge in [-0.3, -0.25) is 4.79 Å². The van der Waals surface area contributed by atoms with E-state index in [0.717, 1.165) is 6.21 Å². The number of carbonyl (C=O) groups excluding carboxylic acids is 1. The van der Waals surface area contributed by atoms with Crippen LogP contribution < -0.4 is 5.43 Å². The predicted octanol–water partition coefficient (Wildman–Crippen LogP) is 3.49. The Labute approximate surface area is 122 Å². The van der Waals surface area contributed by atoms with Crippen LogP contribution in [0, 0.1) is 11.6 Å². The van der Waals surface area contributed by atoms with Gasteiger partial charge in [0.1, 0.15) is 11.6 Å². The van der Waals surface area contributed by atoms with Crippen LogP contribution in [0.25, 0.3) is 0 Å². The van der Waals surface area contributed by atoms with Crippen LogP contribution in [0.2, 0.25) is 0 Å². The minimum absolute atomic E-state index is 0.126. The van der Waals surface area contributed by atoms with Gasteiger partial charge >= 0.3 is 0 Å². The van der Waals surface area contributed by atoms with Crippen molar-refractivity contribution in [2.75, 3.05) is 0 Å². The Balaban J connectivity index is 2.09. The maximum atomic E-state index is 13.4. The highest BCUT2D eigenvalue weighted by atomic mass is 79.9. The fourth-order valence-corrected chi connectivity index (χ4v) is 1.86. The number of hydrogen-bond donors (Lipinski definition) is 1. The molecule has 0 aromatic heterocycles. The van der Waals surface area contributed by atoms with Gasteiger partial charge in [-0.05, 0) is 30.3 Å². The van der Waals surface area contributed by atoms with E-state index in [1.165, 1.54) is 36.4 Å². The summed E-state index contributed by atoms with van der Waals surface area (Å²) < 4.78 is 27.4. The maximum Gasteiger partial charge on any atom is 0.274 e. The summed E-state index contributed by atoms with van der Waals surface area (Å²) in [5, 5.41) is 3.61. The highest BCUT2D eigenvalue weighted by Gasteiger charge is 2.09. The van der Waals surface area contributed by atoms with Gasteiger partial charge in [-0.1, -0.05) is 28.1 Å². The smallest absolute Gasteiger partial charge is 0.267 e. The van der Waals surface area contributed by atoms with Crippen molar-refractivity contribution in [3.63, 3.8) is 0 Å². The third-order valence-corrected chi connectivity index (χ3v) is 2.94. The summed E-state index contributed by atoms with van der Waals surface area (Å²) in [4.78, 5) is 11.6. The molecule has 0 heterocycles. The van der Waals surface area contributed by atoms with Gasteiger partial charge in [0, 0.05) is 10.0 Å². The third kappa shape index (κ3) is 3.48. The molecular weight excluding hydrogens is 330 g/mol. The lowest BCUT2D eigenvalue weighted by Gasteiger charge is -2.01. The molecule has 0 aliphatic carbocycles. The van der Waals surface area contributed by atoms with E-state index in [2.05, 4.69) is 26.5 Å². The molecule has 1 amide bonds. The number of nitrogens with one attached hydrogen (secondary N) is 1. The first-order valence-electron chi connectivity index (χ1n) is 5.61. The second kappa shape index (κ2) is 6.38. The first-order chi connectivity index (χ1) is 9.58. The SMILES string of the molecule is O=C(N/N=C/c1cc(Br)ccc1F)c1ccccc1F. The van der Waals surface area contributed by atoms with E-state index in [1.54, 1.807) is 6.07 Å². The Kier molecular flexibility index (Phi) is 4.57. The second-order valence-electron chi connectivity index (χ2n) is 3.84. The number of carbonyl (C=O) groups is 1. The predicted molar refractivity (Wildman–Crippen MR) is 75.6 cm³/mol. The molecule has 0 saturated heterocycles. The molecule has 102 valence electrons. The van der Waals surface area contributed by atoms with Gasteiger partial charge in [-0.15, -0.1) is 0 Å². The van der Waals surface area contributed by atoms with Crippen LogP contribution in [0.15, 0.2) is 52.0 Å². The summed E-state index contributed by atoms with van der Waals surface area (Å²) in [6.45, 7) is 0. The molecule has 6 heteroatoms. The van der Waals surface area contributed by atoms with Crippen LogP contribution in [0.5, 0.6) is 0 Å². The molecule has 2 aromatic carbocycles. The Bertz CT molecular complexity index is 674. The summed E-state index contributed by atoms with van der Waals surface area (Å²) in [6, 6.07) is 9.84. The summed E-state index contributed by atoms with van der Waals surface area (Å²) >= 11 is 3.20. The normalized spacial score (nSPS) is 10.8. The van der Waals surface area contributed by atoms with E-state index < -0.39 is 17.5 Å². The molecule has 20 heavy (non-hydrogen) atoms. The molecule has 0 saturated carbocycles. The highest BCUT2D eigenvalue weighted by molar-refractivity contribution is 9.10. The molecule has 0 aliphatic rings. The lowest BCUT2D eigenvalue weighted by molar-refractivity contribution is 0.0951. The average molecular weight is 339 g/mol. The first-order valence-corrected chi connectivity index (χ1v) is 6.40. The quantitative estimate of drug-likeness (QED) is 0.675. The minimum Gasteiger partial charge on any atom is -0.267 e. The standard InChI is InChI=1S/C14H9BrF2N2O/c15-10-5-6-12(16)9(7-10)8-18-19-14(20)11-3-1-2-4-13(11)17/h1-8H,(H,19,20)/b18-8+. The van der Waals surface area contributed by atoms with Crippen LogP contribution in [-0.2, 0) is 0 Å². The van der Waals surface area contributed by atoms with Gasteiger partial charge in [0.05, 0.1) is 11.8 Å². The Morgan fingerprint density at radius 1 is 1.15 bits per heavy atom. The number of amides is 1. The van der Waals surface area contributed by atoms with Crippen LogP contribution in [0.3, 0.4) is 0 Å². The first kappa shape index (κ1) is 14.3. The lowest BCUT2D eigenvalue weighted by Crippen LogP contribution is -2.19. The molecular formula is C14H9BrF2N2O. The number of halogens is 3. The summed E-state index contributed by atoms with van der Waals surface area (Å²) in [5.74, 6) is -1.82. The molecule has 1 N–H and O–H groups in total. The van der Waals surface area contributed by atoms with E-state index in [9.17, 15) is 13.6 Å². The fraction of sp³-hybridized carbons (Fsp3) is 0. The van der Waals surface area contributed by atoms with Gasteiger partial charge in [0.15, 0.2) is 0 Å². The zero-order chi connectivity index (χ0) is 14.5. The zero-order valence-electron chi connectivity index (χ0n) is 10.1. The summed E-state index contributed by atoms with van der Waals surface area (Å²) in [5.41, 5.74) is 2.22. The van der Waals surface area contributed by atoms with E-state index in [-0.39, 0.29) is 11.1 Å². The van der Waals surface area contributed by atoms with Crippen molar-refractivity contribution in [2.45, 2.75) is 0 Å². The molecule has 0 fully saturated rings. The van der Waals surface area contributed by atoms with Crippen molar-refractivity contribution in [1.29, 1.82) is 0 Å². The van der Waals surface area contributed by atoms with Gasteiger partial charge in [-0.2, -0.15) is 5.10 Å². The molecule has 2 aromatic rings. The van der Waals surface area contributed by atoms with Gasteiger partial charge in [-0.25, -0.2) is 14.2 Å². The Hall–Kier alpha value is -2.08. The average Bonchev–Trinajstić information content (AvgIpc) is 2.43. The van der Waals surface area contributed by atoms with E-state index in [4.69, 9.17) is 0 Å². The highest BCUT2D eigenvalue weighted by Crippen LogP contribution is 2.13. The molecule has 2 rings (SSSR count). The topological polar surface area (TPSA) is 41.5 Å². The molecule has 0 aliphatic heterocycles. The number of hydrogen-bond acceptors (Lipinski definition) is 2. The molecule has 0 unspecified atom stereocenters. The monoisotopic (exact) mass is 338 g/mol. The Morgan fingerprint density at radius 2 is 1.90 bits per heavy atom. The summed E-state index contributed by atoms with van der Waals surface area (Å²) in [7, 11) is 0. The van der Waals surface area contributed by atoms with Gasteiger partial charge in [0.2, 0.25) is 0 Å². The second-order valence-corrected chi connectivity index (χ2v) is 4.76. The fourth-order valence-electron chi connectivity index (χ4n) is 1.48. The molecule has 3 nitrogen and oxygen atoms in total. The number of nitrogens with zero attached hydrogens (tertiary/aromatic N) is 1. The lowest BCUT2D eigenvalue weighted by atomic mass is 10.2. The van der Waals surface area contributed by atoms with Crippen molar-refractivity contribution in [1.82, 2.24) is 5.43 Å². The summed E-state index contributed by atoms with van der Waals surface area (Å²) in [6.07, 6.45) is 1.15. The van der Waals surface area contributed by atoms with E-state index in [0.29, 0.717) is 4.47 Å². The van der Waals surface area contributed by atoms with Gasteiger partial charge in [0.25, 0.3) is 5.91 Å². The van der Waals surface area contributed by atoms with Crippen molar-refractivity contribution in [2.24, 2.45) is 5.10 Å². The Morgan fingerprint density at radius 3 is 2.65 bits per heavy atom. The van der Waals surface area contributed by atoms with Crippen LogP contribution in [0.4, 0.5) is 8.78 Å². The number of benzene rings is 2. The molecule has 0 atom stereocenters. The zero-order valence-corrected chi connectivity index (χ0v) is 11.7. The largest absolute Gasteiger partial charge is 0.274 e. The van der Waals surface area contributed by atoms with Crippen molar-refractivity contribution < 1.29 is 13.6 Å². The van der Waals surface area contributed by atoms with Crippen LogP contribution >= 0.6 is 15.9 Å². The van der Waals surface area contributed by atoms with Crippen LogP contribution in [0.1, 0.15) is 15.9 Å². The molecule has 0 bridgehead atoms. The third-order valence-electron chi connectivity index (χ3n) is 2.45. The minimum atomic E-state index is -0.699. The molecule has 0 spiro atoms. The van der Waals surface area contributed by atoms with Crippen molar-refractivity contribution >= 4 is 28.1 Å².